The van der Waals surface area contributed by atoms with E-state index in [1.165, 1.54) is 17.8 Å². The topological polar surface area (TPSA) is 87.3 Å². The fraction of sp³-hybridized carbons (Fsp3) is 0.0333. The minimum Gasteiger partial charge on any atom is -0.324 e. The monoisotopic (exact) mass is 653 g/mol. The van der Waals surface area contributed by atoms with Crippen LogP contribution in [0.3, 0.4) is 0 Å². The van der Waals surface area contributed by atoms with Gasteiger partial charge in [0.05, 0.1) is 11.4 Å². The fourth-order valence-corrected chi connectivity index (χ4v) is 5.05. The minimum atomic E-state index is -0.562. The van der Waals surface area contributed by atoms with Crippen LogP contribution in [0.5, 0.6) is 0 Å². The SMILES string of the molecule is O=C(CSc1ccc(NC(=O)/C(=C/c2c(Cl)cccc2Cl)NC(=O)c2ccccc2)cc1)Nc1ccccc1Br. The molecule has 40 heavy (non-hydrogen) atoms. The van der Waals surface area contributed by atoms with Gasteiger partial charge in [0.25, 0.3) is 11.8 Å². The fourth-order valence-electron chi connectivity index (χ4n) is 3.47. The van der Waals surface area contributed by atoms with E-state index in [-0.39, 0.29) is 17.4 Å². The van der Waals surface area contributed by atoms with Crippen molar-refractivity contribution in [1.29, 1.82) is 0 Å². The van der Waals surface area contributed by atoms with E-state index < -0.39 is 11.8 Å². The molecule has 0 heterocycles. The maximum Gasteiger partial charge on any atom is 0.272 e. The Balaban J connectivity index is 1.44. The lowest BCUT2D eigenvalue weighted by Crippen LogP contribution is -2.30. The normalized spacial score (nSPS) is 11.0. The number of amides is 3. The van der Waals surface area contributed by atoms with Crippen LogP contribution in [0.1, 0.15) is 15.9 Å². The Morgan fingerprint density at radius 3 is 2.10 bits per heavy atom. The summed E-state index contributed by atoms with van der Waals surface area (Å²) < 4.78 is 0.804. The quantitative estimate of drug-likeness (QED) is 0.127. The number of carbonyl (C=O) groups excluding carboxylic acids is 3. The highest BCUT2D eigenvalue weighted by Crippen LogP contribution is 2.27. The molecule has 0 radical (unpaired) electrons. The molecular formula is C30H22BrCl2N3O3S. The summed E-state index contributed by atoms with van der Waals surface area (Å²) in [6.07, 6.45) is 1.44. The first-order valence-electron chi connectivity index (χ1n) is 11.9. The van der Waals surface area contributed by atoms with Crippen molar-refractivity contribution >= 4 is 86.1 Å². The molecule has 0 spiro atoms. The third kappa shape index (κ3) is 8.22. The van der Waals surface area contributed by atoms with Crippen molar-refractivity contribution in [3.05, 3.63) is 128 Å². The molecule has 0 aliphatic rings. The summed E-state index contributed by atoms with van der Waals surface area (Å²) >= 11 is 17.4. The van der Waals surface area contributed by atoms with E-state index >= 15 is 0 Å². The number of carbonyl (C=O) groups is 3. The van der Waals surface area contributed by atoms with Gasteiger partial charge in [-0.3, -0.25) is 14.4 Å². The van der Waals surface area contributed by atoms with Crippen LogP contribution >= 0.6 is 50.9 Å². The van der Waals surface area contributed by atoms with Crippen LogP contribution in [0.2, 0.25) is 10.0 Å². The van der Waals surface area contributed by atoms with Crippen LogP contribution in [0, 0.1) is 0 Å². The van der Waals surface area contributed by atoms with Crippen LogP contribution in [0.25, 0.3) is 6.08 Å². The maximum atomic E-state index is 13.3. The molecule has 0 aromatic heterocycles. The third-order valence-electron chi connectivity index (χ3n) is 5.45. The zero-order valence-electron chi connectivity index (χ0n) is 20.8. The van der Waals surface area contributed by atoms with Gasteiger partial charge < -0.3 is 16.0 Å². The molecule has 0 saturated heterocycles. The number of hydrogen-bond acceptors (Lipinski definition) is 4. The van der Waals surface area contributed by atoms with Gasteiger partial charge in [-0.1, -0.05) is 59.6 Å². The smallest absolute Gasteiger partial charge is 0.272 e. The third-order valence-corrected chi connectivity index (χ3v) is 7.81. The standard InChI is InChI=1S/C30H22BrCl2N3O3S/c31-23-9-4-5-12-26(23)35-28(37)18-40-21-15-13-20(14-16-21)34-30(39)27(17-22-24(32)10-6-11-25(22)33)36-29(38)19-7-2-1-3-8-19/h1-17H,18H2,(H,34,39)(H,35,37)(H,36,38)/b27-17-. The van der Waals surface area contributed by atoms with Gasteiger partial charge in [-0.2, -0.15) is 0 Å². The number of benzene rings is 4. The number of hydrogen-bond donors (Lipinski definition) is 3. The molecule has 6 nitrogen and oxygen atoms in total. The Labute approximate surface area is 254 Å². The summed E-state index contributed by atoms with van der Waals surface area (Å²) in [7, 11) is 0. The molecule has 0 atom stereocenters. The molecule has 0 bridgehead atoms. The number of rotatable bonds is 9. The molecule has 202 valence electrons. The van der Waals surface area contributed by atoms with Crippen LogP contribution in [0.4, 0.5) is 11.4 Å². The van der Waals surface area contributed by atoms with Gasteiger partial charge in [-0.25, -0.2) is 0 Å². The Morgan fingerprint density at radius 2 is 1.43 bits per heavy atom. The Bertz CT molecular complexity index is 1540. The molecule has 0 aliphatic heterocycles. The lowest BCUT2D eigenvalue weighted by Gasteiger charge is -2.13. The summed E-state index contributed by atoms with van der Waals surface area (Å²) in [5, 5.41) is 8.98. The van der Waals surface area contributed by atoms with E-state index in [4.69, 9.17) is 23.2 Å². The predicted molar refractivity (Wildman–Crippen MR) is 167 cm³/mol. The van der Waals surface area contributed by atoms with Crippen molar-refractivity contribution in [3.63, 3.8) is 0 Å². The molecule has 10 heteroatoms. The van der Waals surface area contributed by atoms with Gasteiger partial charge in [0.15, 0.2) is 0 Å². The van der Waals surface area contributed by atoms with Crippen molar-refractivity contribution in [1.82, 2.24) is 5.32 Å². The van der Waals surface area contributed by atoms with E-state index in [1.807, 2.05) is 24.3 Å². The number of nitrogens with one attached hydrogen (secondary N) is 3. The van der Waals surface area contributed by atoms with Gasteiger partial charge in [-0.15, -0.1) is 11.8 Å². The first kappa shape index (κ1) is 29.4. The van der Waals surface area contributed by atoms with E-state index in [9.17, 15) is 14.4 Å². The molecule has 0 saturated carbocycles. The van der Waals surface area contributed by atoms with E-state index in [0.717, 1.165) is 9.37 Å². The van der Waals surface area contributed by atoms with Gasteiger partial charge in [0, 0.05) is 36.2 Å². The highest BCUT2D eigenvalue weighted by Gasteiger charge is 2.17. The zero-order chi connectivity index (χ0) is 28.5. The lowest BCUT2D eigenvalue weighted by atomic mass is 10.1. The highest BCUT2D eigenvalue weighted by atomic mass is 79.9. The van der Waals surface area contributed by atoms with E-state index in [2.05, 4.69) is 31.9 Å². The van der Waals surface area contributed by atoms with Crippen LogP contribution in [0.15, 0.2) is 112 Å². The Morgan fingerprint density at radius 1 is 0.775 bits per heavy atom. The summed E-state index contributed by atoms with van der Waals surface area (Å²) in [5.74, 6) is -0.952. The average Bonchev–Trinajstić information content (AvgIpc) is 2.95. The molecular weight excluding hydrogens is 633 g/mol. The van der Waals surface area contributed by atoms with E-state index in [1.54, 1.807) is 72.8 Å². The molecule has 0 unspecified atom stereocenters. The zero-order valence-corrected chi connectivity index (χ0v) is 24.7. The van der Waals surface area contributed by atoms with Crippen molar-refractivity contribution in [3.8, 4) is 0 Å². The highest BCUT2D eigenvalue weighted by molar-refractivity contribution is 9.10. The van der Waals surface area contributed by atoms with Crippen LogP contribution in [-0.2, 0) is 9.59 Å². The van der Waals surface area contributed by atoms with Gasteiger partial charge in [0.2, 0.25) is 5.91 Å². The summed E-state index contributed by atoms with van der Waals surface area (Å²) in [4.78, 5) is 39.3. The van der Waals surface area contributed by atoms with Gasteiger partial charge >= 0.3 is 0 Å². The maximum absolute atomic E-state index is 13.3. The largest absolute Gasteiger partial charge is 0.324 e. The predicted octanol–water partition coefficient (Wildman–Crippen LogP) is 7.90. The number of thioether (sulfide) groups is 1. The Hall–Kier alpha value is -3.56. The first-order chi connectivity index (χ1) is 19.3. The van der Waals surface area contributed by atoms with Crippen molar-refractivity contribution < 1.29 is 14.4 Å². The number of anilines is 2. The van der Waals surface area contributed by atoms with E-state index in [0.29, 0.717) is 32.5 Å². The second-order valence-electron chi connectivity index (χ2n) is 8.31. The molecule has 0 fully saturated rings. The lowest BCUT2D eigenvalue weighted by molar-refractivity contribution is -0.114. The van der Waals surface area contributed by atoms with Crippen LogP contribution in [-0.4, -0.2) is 23.5 Å². The van der Waals surface area contributed by atoms with Gasteiger partial charge in [0.1, 0.15) is 5.70 Å². The van der Waals surface area contributed by atoms with Crippen molar-refractivity contribution in [2.75, 3.05) is 16.4 Å². The molecule has 3 N–H and O–H groups in total. The average molecular weight is 655 g/mol. The van der Waals surface area contributed by atoms with Crippen LogP contribution < -0.4 is 16.0 Å². The molecule has 0 aliphatic carbocycles. The first-order valence-corrected chi connectivity index (χ1v) is 14.4. The second kappa shape index (κ2) is 14.2. The van der Waals surface area contributed by atoms with Crippen molar-refractivity contribution in [2.24, 2.45) is 0 Å². The molecule has 4 rings (SSSR count). The number of para-hydroxylation sites is 1. The minimum absolute atomic E-state index is 0.0361. The Kier molecular flexibility index (Phi) is 10.4. The number of halogens is 3. The van der Waals surface area contributed by atoms with Crippen molar-refractivity contribution in [2.45, 2.75) is 4.90 Å². The molecule has 4 aromatic carbocycles. The molecule has 4 aromatic rings. The summed E-state index contributed by atoms with van der Waals surface area (Å²) in [6.45, 7) is 0. The second-order valence-corrected chi connectivity index (χ2v) is 11.0. The summed E-state index contributed by atoms with van der Waals surface area (Å²) in [5.41, 5.74) is 1.95. The summed E-state index contributed by atoms with van der Waals surface area (Å²) in [6, 6.07) is 27.9. The van der Waals surface area contributed by atoms with Gasteiger partial charge in [-0.05, 0) is 82.7 Å². The molecule has 3 amide bonds.